The Balaban J connectivity index is 4.12. The topological polar surface area (TPSA) is 87.9 Å². The van der Waals surface area contributed by atoms with Crippen LogP contribution in [0.4, 0.5) is 0 Å². The fourth-order valence-electron chi connectivity index (χ4n) is 2.79. The molecule has 1 unspecified atom stereocenters. The normalized spacial score (nSPS) is 13.2. The Morgan fingerprint density at radius 2 is 1.42 bits per heavy atom. The first-order valence-corrected chi connectivity index (χ1v) is 10.2. The molecule has 0 aliphatic rings. The number of rotatable bonds is 17. The summed E-state index contributed by atoms with van der Waals surface area (Å²) in [5, 5.41) is 0. The number of carbonyl (C=O) groups is 2. The molecular weight excluding hydrogens is 334 g/mol. The molecule has 2 N–H and O–H groups in total. The summed E-state index contributed by atoms with van der Waals surface area (Å²) in [7, 11) is 0. The van der Waals surface area contributed by atoms with Gasteiger partial charge in [-0.2, -0.15) is 0 Å². The first-order valence-electron chi connectivity index (χ1n) is 10.2. The Bertz CT molecular complexity index is 375. The lowest BCUT2D eigenvalue weighted by atomic mass is 9.87. The molecule has 0 saturated carbocycles. The molecule has 6 nitrogen and oxygen atoms in total. The molecule has 0 aliphatic carbocycles. The van der Waals surface area contributed by atoms with Crippen molar-refractivity contribution in [3.05, 3.63) is 0 Å². The van der Waals surface area contributed by atoms with Crippen LogP contribution in [0.5, 0.6) is 0 Å². The largest absolute Gasteiger partial charge is 0.466 e. The van der Waals surface area contributed by atoms with Crippen molar-refractivity contribution >= 4 is 11.9 Å². The molecule has 0 amide bonds. The SMILES string of the molecule is CCCOCCCCC(N)(CCCCCCC(=O)OCC)C(=O)OCC. The highest BCUT2D eigenvalue weighted by atomic mass is 16.5. The highest BCUT2D eigenvalue weighted by Crippen LogP contribution is 2.22. The number of esters is 2. The van der Waals surface area contributed by atoms with Crippen LogP contribution < -0.4 is 5.73 Å². The van der Waals surface area contributed by atoms with E-state index >= 15 is 0 Å². The quantitative estimate of drug-likeness (QED) is 0.309. The summed E-state index contributed by atoms with van der Waals surface area (Å²) in [4.78, 5) is 23.6. The fraction of sp³-hybridized carbons (Fsp3) is 0.900. The van der Waals surface area contributed by atoms with Gasteiger partial charge in [-0.3, -0.25) is 9.59 Å². The number of hydrogen-bond acceptors (Lipinski definition) is 6. The minimum absolute atomic E-state index is 0.141. The van der Waals surface area contributed by atoms with Gasteiger partial charge in [0.1, 0.15) is 5.54 Å². The van der Waals surface area contributed by atoms with E-state index in [-0.39, 0.29) is 11.9 Å². The molecule has 0 rings (SSSR count). The second kappa shape index (κ2) is 16.1. The van der Waals surface area contributed by atoms with Gasteiger partial charge in [0, 0.05) is 19.6 Å². The second-order valence-corrected chi connectivity index (χ2v) is 6.67. The molecule has 6 heteroatoms. The van der Waals surface area contributed by atoms with Crippen LogP contribution >= 0.6 is 0 Å². The van der Waals surface area contributed by atoms with E-state index in [4.69, 9.17) is 19.9 Å². The smallest absolute Gasteiger partial charge is 0.326 e. The predicted molar refractivity (Wildman–Crippen MR) is 103 cm³/mol. The van der Waals surface area contributed by atoms with E-state index in [2.05, 4.69) is 6.92 Å². The van der Waals surface area contributed by atoms with Crippen molar-refractivity contribution in [2.45, 2.75) is 90.5 Å². The second-order valence-electron chi connectivity index (χ2n) is 6.67. The zero-order chi connectivity index (χ0) is 19.7. The van der Waals surface area contributed by atoms with E-state index < -0.39 is 5.54 Å². The standard InChI is InChI=1S/C20H39NO5/c1-4-16-24-17-12-11-15-20(21,19(23)26-6-3)14-10-8-7-9-13-18(22)25-5-2/h4-17,21H2,1-3H3. The maximum Gasteiger partial charge on any atom is 0.326 e. The Kier molecular flexibility index (Phi) is 15.4. The first-order chi connectivity index (χ1) is 12.5. The van der Waals surface area contributed by atoms with Gasteiger partial charge in [0.2, 0.25) is 0 Å². The molecule has 0 radical (unpaired) electrons. The molecule has 154 valence electrons. The maximum atomic E-state index is 12.3. The fourth-order valence-corrected chi connectivity index (χ4v) is 2.79. The van der Waals surface area contributed by atoms with Crippen LogP contribution in [-0.2, 0) is 23.8 Å². The van der Waals surface area contributed by atoms with Gasteiger partial charge >= 0.3 is 11.9 Å². The molecule has 0 heterocycles. The highest BCUT2D eigenvalue weighted by Gasteiger charge is 2.34. The van der Waals surface area contributed by atoms with Crippen molar-refractivity contribution in [3.63, 3.8) is 0 Å². The zero-order valence-electron chi connectivity index (χ0n) is 17.0. The van der Waals surface area contributed by atoms with E-state index in [1.165, 1.54) is 0 Å². The molecule has 0 aromatic heterocycles. The highest BCUT2D eigenvalue weighted by molar-refractivity contribution is 5.80. The lowest BCUT2D eigenvalue weighted by molar-refractivity contribution is -0.150. The van der Waals surface area contributed by atoms with Crippen molar-refractivity contribution in [2.24, 2.45) is 5.73 Å². The average molecular weight is 374 g/mol. The van der Waals surface area contributed by atoms with Gasteiger partial charge in [-0.15, -0.1) is 0 Å². The zero-order valence-corrected chi connectivity index (χ0v) is 17.0. The first kappa shape index (κ1) is 24.9. The van der Waals surface area contributed by atoms with E-state index in [1.54, 1.807) is 6.92 Å². The summed E-state index contributed by atoms with van der Waals surface area (Å²) in [6.07, 6.45) is 7.98. The Morgan fingerprint density at radius 3 is 2.04 bits per heavy atom. The van der Waals surface area contributed by atoms with Gasteiger partial charge in [0.15, 0.2) is 0 Å². The number of carbonyl (C=O) groups excluding carboxylic acids is 2. The number of ether oxygens (including phenoxy) is 3. The molecule has 26 heavy (non-hydrogen) atoms. The lowest BCUT2D eigenvalue weighted by Gasteiger charge is -2.27. The average Bonchev–Trinajstić information content (AvgIpc) is 2.61. The number of hydrogen-bond donors (Lipinski definition) is 1. The third kappa shape index (κ3) is 12.3. The van der Waals surface area contributed by atoms with Gasteiger partial charge in [0.25, 0.3) is 0 Å². The van der Waals surface area contributed by atoms with Crippen LogP contribution in [0.15, 0.2) is 0 Å². The Labute approximate surface area is 159 Å². The van der Waals surface area contributed by atoms with E-state index in [0.29, 0.717) is 39.1 Å². The third-order valence-electron chi connectivity index (χ3n) is 4.25. The van der Waals surface area contributed by atoms with Crippen LogP contribution in [0.3, 0.4) is 0 Å². The van der Waals surface area contributed by atoms with Crippen LogP contribution in [0.1, 0.15) is 85.0 Å². The summed E-state index contributed by atoms with van der Waals surface area (Å²) < 4.78 is 15.6. The van der Waals surface area contributed by atoms with Crippen molar-refractivity contribution in [3.8, 4) is 0 Å². The summed E-state index contributed by atoms with van der Waals surface area (Å²) in [6.45, 7) is 7.95. The van der Waals surface area contributed by atoms with Crippen molar-refractivity contribution in [1.29, 1.82) is 0 Å². The lowest BCUT2D eigenvalue weighted by Crippen LogP contribution is -2.49. The summed E-state index contributed by atoms with van der Waals surface area (Å²) in [6, 6.07) is 0. The Hall–Kier alpha value is -1.14. The molecule has 0 saturated heterocycles. The van der Waals surface area contributed by atoms with Crippen molar-refractivity contribution in [1.82, 2.24) is 0 Å². The molecule has 0 aromatic rings. The van der Waals surface area contributed by atoms with E-state index in [9.17, 15) is 9.59 Å². The molecular formula is C20H39NO5. The Morgan fingerprint density at radius 1 is 0.808 bits per heavy atom. The number of nitrogens with two attached hydrogens (primary N) is 1. The van der Waals surface area contributed by atoms with Gasteiger partial charge in [-0.1, -0.05) is 26.2 Å². The van der Waals surface area contributed by atoms with Gasteiger partial charge in [-0.05, 0) is 52.4 Å². The molecule has 0 spiro atoms. The van der Waals surface area contributed by atoms with Crippen LogP contribution in [0.25, 0.3) is 0 Å². The summed E-state index contributed by atoms with van der Waals surface area (Å²) in [5.41, 5.74) is 5.47. The molecule has 0 aromatic carbocycles. The van der Waals surface area contributed by atoms with E-state index in [1.807, 2.05) is 6.92 Å². The molecule has 0 bridgehead atoms. The third-order valence-corrected chi connectivity index (χ3v) is 4.25. The summed E-state index contributed by atoms with van der Waals surface area (Å²) >= 11 is 0. The van der Waals surface area contributed by atoms with Crippen molar-refractivity contribution < 1.29 is 23.8 Å². The van der Waals surface area contributed by atoms with Crippen molar-refractivity contribution in [2.75, 3.05) is 26.4 Å². The molecule has 0 fully saturated rings. The molecule has 1 atom stereocenters. The molecule has 0 aliphatic heterocycles. The van der Waals surface area contributed by atoms with Gasteiger partial charge in [0.05, 0.1) is 13.2 Å². The monoisotopic (exact) mass is 373 g/mol. The van der Waals surface area contributed by atoms with Crippen LogP contribution in [0, 0.1) is 0 Å². The summed E-state index contributed by atoms with van der Waals surface area (Å²) in [5.74, 6) is -0.446. The van der Waals surface area contributed by atoms with Gasteiger partial charge < -0.3 is 19.9 Å². The number of unbranched alkanes of at least 4 members (excludes halogenated alkanes) is 4. The van der Waals surface area contributed by atoms with Crippen LogP contribution in [-0.4, -0.2) is 43.9 Å². The van der Waals surface area contributed by atoms with Crippen LogP contribution in [0.2, 0.25) is 0 Å². The van der Waals surface area contributed by atoms with Gasteiger partial charge in [-0.25, -0.2) is 0 Å². The minimum Gasteiger partial charge on any atom is -0.466 e. The maximum absolute atomic E-state index is 12.3. The predicted octanol–water partition coefficient (Wildman–Crippen LogP) is 3.75. The van der Waals surface area contributed by atoms with E-state index in [0.717, 1.165) is 51.6 Å². The minimum atomic E-state index is -0.915.